The van der Waals surface area contributed by atoms with Crippen molar-refractivity contribution in [2.75, 3.05) is 0 Å². The third kappa shape index (κ3) is 9.01. The predicted molar refractivity (Wildman–Crippen MR) is 206 cm³/mol. The van der Waals surface area contributed by atoms with Crippen LogP contribution in [0.3, 0.4) is 0 Å². The zero-order chi connectivity index (χ0) is 35.4. The molecule has 0 atom stereocenters. The second kappa shape index (κ2) is 16.8. The molecule has 0 unspecified atom stereocenters. The van der Waals surface area contributed by atoms with Crippen LogP contribution in [-0.4, -0.2) is 24.2 Å². The van der Waals surface area contributed by atoms with Gasteiger partial charge in [-0.25, -0.2) is 0 Å². The minimum atomic E-state index is -2.16. The van der Waals surface area contributed by atoms with Gasteiger partial charge in [-0.2, -0.15) is 0 Å². The minimum Gasteiger partial charge on any atom is -0.543 e. The molecule has 1 radical (unpaired) electrons. The summed E-state index contributed by atoms with van der Waals surface area (Å²) in [7, 11) is -2.16. The van der Waals surface area contributed by atoms with E-state index >= 15 is 0 Å². The topological polar surface area (TPSA) is 59.4 Å². The molecule has 0 aliphatic carbocycles. The van der Waals surface area contributed by atoms with Gasteiger partial charge in [-0.15, -0.1) is 29.1 Å². The SMILES string of the molecule is CC(C)c1ccc2c(c1)[Si](C)(C)Oc1c-2ccnc1-c1[c-]c2ccccc2c(C(C)(C)C)c1.CCC(CC)C(=O)/C=C(\O)C(CC)CC.[Ir]. The molecular weight excluding hydrogens is 799 g/mol. The molecule has 1 aromatic heterocycles. The number of carbonyl (C=O) groups is 1. The van der Waals surface area contributed by atoms with Crippen LogP contribution in [0.5, 0.6) is 5.75 Å². The molecule has 0 fully saturated rings. The van der Waals surface area contributed by atoms with Crippen molar-refractivity contribution in [2.45, 2.75) is 112 Å². The first kappa shape index (κ1) is 40.4. The zero-order valence-corrected chi connectivity index (χ0v) is 34.9. The van der Waals surface area contributed by atoms with Crippen molar-refractivity contribution < 1.29 is 34.4 Å². The maximum atomic E-state index is 11.7. The van der Waals surface area contributed by atoms with E-state index in [9.17, 15) is 9.90 Å². The Bertz CT molecular complexity index is 1780. The zero-order valence-electron chi connectivity index (χ0n) is 31.5. The van der Waals surface area contributed by atoms with Gasteiger partial charge in [0.05, 0.1) is 5.76 Å². The van der Waals surface area contributed by atoms with E-state index in [4.69, 9.17) is 9.41 Å². The van der Waals surface area contributed by atoms with Crippen LogP contribution >= 0.6 is 0 Å². The molecule has 4 nitrogen and oxygen atoms in total. The average molecular weight is 855 g/mol. The molecule has 1 aliphatic rings. The molecule has 2 heterocycles. The molecule has 265 valence electrons. The molecule has 6 heteroatoms. The van der Waals surface area contributed by atoms with Crippen LogP contribution in [0.2, 0.25) is 13.1 Å². The second-order valence-corrected chi connectivity index (χ2v) is 18.8. The van der Waals surface area contributed by atoms with E-state index in [2.05, 4.69) is 108 Å². The number of ketones is 1. The van der Waals surface area contributed by atoms with Gasteiger partial charge in [0, 0.05) is 55.5 Å². The minimum absolute atomic E-state index is 0. The van der Waals surface area contributed by atoms with Crippen molar-refractivity contribution >= 4 is 30.1 Å². The quantitative estimate of drug-likeness (QED) is 0.0789. The van der Waals surface area contributed by atoms with Gasteiger partial charge in [-0.1, -0.05) is 110 Å². The Morgan fingerprint density at radius 1 is 0.918 bits per heavy atom. The van der Waals surface area contributed by atoms with Gasteiger partial charge in [0.2, 0.25) is 0 Å². The van der Waals surface area contributed by atoms with E-state index in [0.717, 1.165) is 53.6 Å². The molecule has 4 aromatic rings. The molecule has 0 bridgehead atoms. The number of rotatable bonds is 9. The Hall–Kier alpha value is -3.05. The van der Waals surface area contributed by atoms with E-state index in [-0.39, 0.29) is 48.9 Å². The van der Waals surface area contributed by atoms with E-state index in [1.54, 1.807) is 0 Å². The van der Waals surface area contributed by atoms with Crippen molar-refractivity contribution in [3.05, 3.63) is 89.8 Å². The van der Waals surface area contributed by atoms with Gasteiger partial charge in [-0.05, 0) is 72.5 Å². The van der Waals surface area contributed by atoms with Gasteiger partial charge >= 0.3 is 0 Å². The molecule has 3 aromatic carbocycles. The molecule has 0 saturated carbocycles. The van der Waals surface area contributed by atoms with Crippen LogP contribution in [0.25, 0.3) is 33.2 Å². The van der Waals surface area contributed by atoms with Gasteiger partial charge < -0.3 is 9.53 Å². The first-order valence-corrected chi connectivity index (χ1v) is 20.8. The summed E-state index contributed by atoms with van der Waals surface area (Å²) in [5.41, 5.74) is 7.00. The number of nitrogens with zero attached hydrogens (tertiary/aromatic N) is 1. The Morgan fingerprint density at radius 3 is 2.14 bits per heavy atom. The van der Waals surface area contributed by atoms with Gasteiger partial charge in [0.25, 0.3) is 8.32 Å². The number of aromatic nitrogens is 1. The van der Waals surface area contributed by atoms with Crippen molar-refractivity contribution in [1.82, 2.24) is 4.98 Å². The molecule has 1 aliphatic heterocycles. The first-order valence-electron chi connectivity index (χ1n) is 17.9. The summed E-state index contributed by atoms with van der Waals surface area (Å²) >= 11 is 0. The summed E-state index contributed by atoms with van der Waals surface area (Å²) < 4.78 is 6.86. The maximum Gasteiger partial charge on any atom is 0.276 e. The number of benzene rings is 3. The molecule has 1 N–H and O–H groups in total. The van der Waals surface area contributed by atoms with Gasteiger partial charge in [0.15, 0.2) is 5.78 Å². The van der Waals surface area contributed by atoms with Gasteiger partial charge in [-0.3, -0.25) is 9.78 Å². The monoisotopic (exact) mass is 855 g/mol. The molecule has 0 amide bonds. The number of pyridine rings is 1. The van der Waals surface area contributed by atoms with Crippen molar-refractivity contribution in [1.29, 1.82) is 0 Å². The first-order chi connectivity index (χ1) is 22.7. The fourth-order valence-electron chi connectivity index (χ4n) is 6.68. The Labute approximate surface area is 310 Å². The molecule has 5 rings (SSSR count). The normalized spacial score (nSPS) is 13.7. The Kier molecular flexibility index (Phi) is 13.8. The number of fused-ring (bicyclic) bond motifs is 4. The summed E-state index contributed by atoms with van der Waals surface area (Å²) in [6, 6.07) is 23.5. The summed E-state index contributed by atoms with van der Waals surface area (Å²) in [6.07, 6.45) is 6.82. The van der Waals surface area contributed by atoms with E-state index < -0.39 is 8.32 Å². The van der Waals surface area contributed by atoms with Crippen LogP contribution in [0.15, 0.2) is 72.6 Å². The molecule has 0 spiro atoms. The van der Waals surface area contributed by atoms with E-state index in [1.807, 2.05) is 33.9 Å². The maximum absolute atomic E-state index is 11.7. The van der Waals surface area contributed by atoms with Crippen LogP contribution < -0.4 is 9.61 Å². The summed E-state index contributed by atoms with van der Waals surface area (Å²) in [4.78, 5) is 16.6. The van der Waals surface area contributed by atoms with Crippen LogP contribution in [0.4, 0.5) is 0 Å². The number of allylic oxidation sites excluding steroid dienone is 2. The van der Waals surface area contributed by atoms with E-state index in [0.29, 0.717) is 5.92 Å². The third-order valence-electron chi connectivity index (χ3n) is 9.83. The standard InChI is InChI=1S/C30H32NOSi.C13H24O2.Ir/c1-19(2)20-12-13-24-25-14-15-31-28(29(25)32-33(6,7)27(24)18-20)22-16-21-10-8-9-11-23(21)26(17-22)30(3,4)5;1-5-10(6-2)12(14)9-13(15)11(7-3)8-4;/h8-15,17-19H,1-7H3;9-11,14H,5-8H2,1-4H3;/q-1;;/b;12-9-;. The Balaban J connectivity index is 0.000000347. The van der Waals surface area contributed by atoms with Crippen LogP contribution in [0, 0.1) is 17.9 Å². The number of aliphatic hydroxyl groups is 1. The largest absolute Gasteiger partial charge is 0.543 e. The number of carbonyl (C=O) groups excluding carboxylic acids is 1. The molecular formula is C43H56IrNO3Si-. The van der Waals surface area contributed by atoms with E-state index in [1.165, 1.54) is 33.3 Å². The van der Waals surface area contributed by atoms with Crippen molar-refractivity contribution in [2.24, 2.45) is 11.8 Å². The fraction of sp³-hybridized carbons (Fsp3) is 0.442. The second-order valence-electron chi connectivity index (χ2n) is 15.0. The van der Waals surface area contributed by atoms with Gasteiger partial charge in [0.1, 0.15) is 5.75 Å². The number of hydrogen-bond acceptors (Lipinski definition) is 4. The third-order valence-corrected chi connectivity index (χ3v) is 12.3. The molecule has 0 saturated heterocycles. The number of aliphatic hydroxyl groups excluding tert-OH is 1. The fourth-order valence-corrected chi connectivity index (χ4v) is 8.89. The predicted octanol–water partition coefficient (Wildman–Crippen LogP) is 11.5. The van der Waals surface area contributed by atoms with Crippen LogP contribution in [-0.2, 0) is 30.3 Å². The van der Waals surface area contributed by atoms with Crippen molar-refractivity contribution in [3.63, 3.8) is 0 Å². The van der Waals surface area contributed by atoms with Crippen molar-refractivity contribution in [3.8, 4) is 28.1 Å². The summed E-state index contributed by atoms with van der Waals surface area (Å²) in [6.45, 7) is 23.9. The smallest absolute Gasteiger partial charge is 0.276 e. The average Bonchev–Trinajstić information content (AvgIpc) is 3.04. The molecule has 49 heavy (non-hydrogen) atoms. The van der Waals surface area contributed by atoms with Crippen LogP contribution in [0.1, 0.15) is 105 Å². The number of hydrogen-bond donors (Lipinski definition) is 1. The summed E-state index contributed by atoms with van der Waals surface area (Å²) in [5.74, 6) is 1.95. The Morgan fingerprint density at radius 2 is 1.55 bits per heavy atom. The summed E-state index contributed by atoms with van der Waals surface area (Å²) in [5, 5.41) is 13.5.